The summed E-state index contributed by atoms with van der Waals surface area (Å²) in [5, 5.41) is 0. The van der Waals surface area contributed by atoms with Crippen LogP contribution in [-0.4, -0.2) is 52.5 Å². The molecule has 6 nitrogen and oxygen atoms in total. The van der Waals surface area contributed by atoms with Gasteiger partial charge < -0.3 is 14.5 Å². The van der Waals surface area contributed by atoms with Crippen molar-refractivity contribution < 1.29 is 17.9 Å². The molecule has 0 spiro atoms. The van der Waals surface area contributed by atoms with E-state index >= 15 is 0 Å². The van der Waals surface area contributed by atoms with Crippen molar-refractivity contribution in [2.75, 3.05) is 38.2 Å². The molecule has 0 unspecified atom stereocenters. The van der Waals surface area contributed by atoms with Crippen LogP contribution in [0.3, 0.4) is 0 Å². The zero-order valence-electron chi connectivity index (χ0n) is 21.0. The molecule has 3 aromatic carbocycles. The van der Waals surface area contributed by atoms with E-state index in [4.69, 9.17) is 4.74 Å². The average Bonchev–Trinajstić information content (AvgIpc) is 2.92. The number of piperazine rings is 1. The van der Waals surface area contributed by atoms with E-state index in [1.807, 2.05) is 48.5 Å². The Morgan fingerprint density at radius 1 is 0.889 bits per heavy atom. The summed E-state index contributed by atoms with van der Waals surface area (Å²) in [5.41, 5.74) is 3.38. The Hall–Kier alpha value is -3.32. The van der Waals surface area contributed by atoms with Crippen molar-refractivity contribution in [3.63, 3.8) is 0 Å². The van der Waals surface area contributed by atoms with Gasteiger partial charge in [-0.2, -0.15) is 0 Å². The number of aryl methyl sites for hydroxylation is 1. The number of hydrogen-bond donors (Lipinski definition) is 0. The van der Waals surface area contributed by atoms with Gasteiger partial charge in [-0.1, -0.05) is 55.8 Å². The Bertz CT molecular complexity index is 1280. The van der Waals surface area contributed by atoms with E-state index in [1.54, 1.807) is 30.2 Å². The molecular formula is C29H34N2O4S. The van der Waals surface area contributed by atoms with Gasteiger partial charge in [0.1, 0.15) is 5.75 Å². The minimum absolute atomic E-state index is 0.0870. The highest BCUT2D eigenvalue weighted by Crippen LogP contribution is 2.28. The molecule has 0 bridgehead atoms. The maximum atomic E-state index is 13.2. The molecule has 1 heterocycles. The summed E-state index contributed by atoms with van der Waals surface area (Å²) in [6.45, 7) is 4.62. The third kappa shape index (κ3) is 6.08. The van der Waals surface area contributed by atoms with Crippen LogP contribution in [0.15, 0.2) is 77.7 Å². The third-order valence-electron chi connectivity index (χ3n) is 6.63. The molecule has 0 N–H and O–H groups in total. The first-order valence-electron chi connectivity index (χ1n) is 12.5. The Kier molecular flexibility index (Phi) is 8.31. The maximum absolute atomic E-state index is 13.2. The summed E-state index contributed by atoms with van der Waals surface area (Å²) >= 11 is 0. The average molecular weight is 507 g/mol. The summed E-state index contributed by atoms with van der Waals surface area (Å²) in [6, 6.07) is 22.1. The number of hydrogen-bond acceptors (Lipinski definition) is 5. The Balaban J connectivity index is 1.41. The Morgan fingerprint density at radius 2 is 1.58 bits per heavy atom. The van der Waals surface area contributed by atoms with Crippen molar-refractivity contribution in [3.05, 3.63) is 89.5 Å². The predicted molar refractivity (Wildman–Crippen MR) is 143 cm³/mol. The lowest BCUT2D eigenvalue weighted by Crippen LogP contribution is -2.48. The molecule has 190 valence electrons. The molecule has 7 heteroatoms. The second-order valence-electron chi connectivity index (χ2n) is 9.16. The molecule has 0 aliphatic carbocycles. The molecular weight excluding hydrogens is 472 g/mol. The van der Waals surface area contributed by atoms with Gasteiger partial charge in [0.05, 0.1) is 23.4 Å². The van der Waals surface area contributed by atoms with E-state index in [0.717, 1.165) is 36.3 Å². The van der Waals surface area contributed by atoms with E-state index < -0.39 is 9.84 Å². The number of para-hydroxylation sites is 2. The molecule has 1 saturated heterocycles. The van der Waals surface area contributed by atoms with Gasteiger partial charge in [-0.25, -0.2) is 8.42 Å². The molecule has 0 atom stereocenters. The fourth-order valence-corrected chi connectivity index (χ4v) is 5.92. The number of unbranched alkanes of at least 4 members (excludes halogenated alkanes) is 1. The number of rotatable bonds is 9. The van der Waals surface area contributed by atoms with Crippen molar-refractivity contribution in [3.8, 4) is 5.75 Å². The van der Waals surface area contributed by atoms with Gasteiger partial charge in [0.25, 0.3) is 5.91 Å². The summed E-state index contributed by atoms with van der Waals surface area (Å²) < 4.78 is 31.7. The van der Waals surface area contributed by atoms with Gasteiger partial charge in [0.2, 0.25) is 0 Å². The summed E-state index contributed by atoms with van der Waals surface area (Å²) in [4.78, 5) is 17.4. The van der Waals surface area contributed by atoms with Crippen LogP contribution in [0.5, 0.6) is 5.75 Å². The fourth-order valence-electron chi connectivity index (χ4n) is 4.53. The molecule has 1 fully saturated rings. The molecule has 36 heavy (non-hydrogen) atoms. The number of methoxy groups -OCH3 is 1. The van der Waals surface area contributed by atoms with Gasteiger partial charge in [0, 0.05) is 31.7 Å². The topological polar surface area (TPSA) is 66.9 Å². The lowest BCUT2D eigenvalue weighted by atomic mass is 10.1. The van der Waals surface area contributed by atoms with Crippen LogP contribution < -0.4 is 9.64 Å². The van der Waals surface area contributed by atoms with Gasteiger partial charge in [-0.15, -0.1) is 0 Å². The molecule has 4 rings (SSSR count). The van der Waals surface area contributed by atoms with Crippen LogP contribution >= 0.6 is 0 Å². The Morgan fingerprint density at radius 3 is 2.28 bits per heavy atom. The molecule has 0 radical (unpaired) electrons. The number of anilines is 1. The fraction of sp³-hybridized carbons (Fsp3) is 0.345. The number of sulfone groups is 1. The van der Waals surface area contributed by atoms with E-state index in [-0.39, 0.29) is 16.6 Å². The molecule has 0 saturated carbocycles. The minimum Gasteiger partial charge on any atom is -0.495 e. The second-order valence-corrected chi connectivity index (χ2v) is 11.1. The van der Waals surface area contributed by atoms with Crippen LogP contribution in [0, 0.1) is 0 Å². The van der Waals surface area contributed by atoms with Crippen LogP contribution in [0.1, 0.15) is 41.3 Å². The largest absolute Gasteiger partial charge is 0.495 e. The zero-order chi connectivity index (χ0) is 25.5. The highest BCUT2D eigenvalue weighted by molar-refractivity contribution is 7.90. The van der Waals surface area contributed by atoms with Gasteiger partial charge in [-0.05, 0) is 54.3 Å². The van der Waals surface area contributed by atoms with Gasteiger partial charge >= 0.3 is 0 Å². The van der Waals surface area contributed by atoms with E-state index in [1.165, 1.54) is 11.6 Å². The normalized spacial score (nSPS) is 14.1. The van der Waals surface area contributed by atoms with E-state index in [0.29, 0.717) is 31.7 Å². The van der Waals surface area contributed by atoms with Crippen LogP contribution in [0.25, 0.3) is 0 Å². The van der Waals surface area contributed by atoms with Crippen molar-refractivity contribution in [1.29, 1.82) is 0 Å². The molecule has 1 amide bonds. The standard InChI is InChI=1S/C29H34N2O4S/c1-3-4-8-23-13-15-24(16-14-23)22-36(33,34)26-10-7-9-25(21-26)29(32)31-19-17-30(18-20-31)27-11-5-6-12-28(27)35-2/h5-7,9-16,21H,3-4,8,17-20,22H2,1-2H3. The zero-order valence-corrected chi connectivity index (χ0v) is 21.8. The van der Waals surface area contributed by atoms with Crippen LogP contribution in [-0.2, 0) is 22.0 Å². The lowest BCUT2D eigenvalue weighted by molar-refractivity contribution is 0.0746. The second kappa shape index (κ2) is 11.6. The number of benzene rings is 3. The van der Waals surface area contributed by atoms with Crippen LogP contribution in [0.2, 0.25) is 0 Å². The lowest BCUT2D eigenvalue weighted by Gasteiger charge is -2.36. The number of carbonyl (C=O) groups excluding carboxylic acids is 1. The monoisotopic (exact) mass is 506 g/mol. The molecule has 3 aromatic rings. The van der Waals surface area contributed by atoms with E-state index in [9.17, 15) is 13.2 Å². The number of nitrogens with zero attached hydrogens (tertiary/aromatic N) is 2. The minimum atomic E-state index is -3.58. The number of ether oxygens (including phenoxy) is 1. The van der Waals surface area contributed by atoms with Crippen molar-refractivity contribution >= 4 is 21.4 Å². The quantitative estimate of drug-likeness (QED) is 0.410. The number of carbonyl (C=O) groups is 1. The molecule has 1 aliphatic rings. The first kappa shape index (κ1) is 25.8. The molecule has 1 aliphatic heterocycles. The van der Waals surface area contributed by atoms with Crippen LogP contribution in [0.4, 0.5) is 5.69 Å². The Labute approximate surface area is 214 Å². The maximum Gasteiger partial charge on any atom is 0.254 e. The van der Waals surface area contributed by atoms with Crippen molar-refractivity contribution in [1.82, 2.24) is 4.90 Å². The summed E-state index contributed by atoms with van der Waals surface area (Å²) in [5.74, 6) is 0.578. The first-order chi connectivity index (χ1) is 17.4. The summed E-state index contributed by atoms with van der Waals surface area (Å²) in [7, 11) is -1.92. The van der Waals surface area contributed by atoms with Gasteiger partial charge in [0.15, 0.2) is 9.84 Å². The smallest absolute Gasteiger partial charge is 0.254 e. The predicted octanol–water partition coefficient (Wildman–Crippen LogP) is 4.97. The van der Waals surface area contributed by atoms with E-state index in [2.05, 4.69) is 11.8 Å². The van der Waals surface area contributed by atoms with Crippen molar-refractivity contribution in [2.45, 2.75) is 36.8 Å². The third-order valence-corrected chi connectivity index (χ3v) is 8.32. The van der Waals surface area contributed by atoms with Crippen molar-refractivity contribution in [2.24, 2.45) is 0 Å². The first-order valence-corrected chi connectivity index (χ1v) is 14.1. The SMILES string of the molecule is CCCCc1ccc(CS(=O)(=O)c2cccc(C(=O)N3CCN(c4ccccc4OC)CC3)c2)cc1. The molecule has 0 aromatic heterocycles. The summed E-state index contributed by atoms with van der Waals surface area (Å²) in [6.07, 6.45) is 3.25. The highest BCUT2D eigenvalue weighted by Gasteiger charge is 2.25. The van der Waals surface area contributed by atoms with Gasteiger partial charge in [-0.3, -0.25) is 4.79 Å². The number of amides is 1. The highest BCUT2D eigenvalue weighted by atomic mass is 32.2.